The third-order valence-electron chi connectivity index (χ3n) is 5.27. The molecular weight excluding hydrogens is 326 g/mol. The lowest BCUT2D eigenvalue weighted by atomic mass is 10.1. The van der Waals surface area contributed by atoms with Gasteiger partial charge in [0.05, 0.1) is 22.9 Å². The van der Waals surface area contributed by atoms with E-state index in [1.165, 1.54) is 12.8 Å². The molecule has 1 spiro atoms. The number of nitrogen functional groups attached to an aromatic ring is 1. The second-order valence-electron chi connectivity index (χ2n) is 7.25. The summed E-state index contributed by atoms with van der Waals surface area (Å²) in [6.45, 7) is 2.87. The Hall–Kier alpha value is -2.80. The minimum absolute atomic E-state index is 0.285. The Kier molecular flexibility index (Phi) is 3.49. The van der Waals surface area contributed by atoms with E-state index in [0.29, 0.717) is 12.1 Å². The first-order valence-corrected chi connectivity index (χ1v) is 9.02. The number of nitrogens with one attached hydrogen (secondary N) is 1. The lowest BCUT2D eigenvalue weighted by molar-refractivity contribution is 0.440. The van der Waals surface area contributed by atoms with Crippen molar-refractivity contribution in [2.45, 2.75) is 24.8 Å². The molecule has 26 heavy (non-hydrogen) atoms. The summed E-state index contributed by atoms with van der Waals surface area (Å²) >= 11 is 0. The number of fused-ring (bicyclic) bond motifs is 1. The van der Waals surface area contributed by atoms with Gasteiger partial charge in [-0.05, 0) is 30.5 Å². The maximum atomic E-state index is 6.19. The van der Waals surface area contributed by atoms with Crippen molar-refractivity contribution in [3.8, 4) is 0 Å². The van der Waals surface area contributed by atoms with E-state index < -0.39 is 0 Å². The Balaban J connectivity index is 1.42. The summed E-state index contributed by atoms with van der Waals surface area (Å²) < 4.78 is 0. The molecule has 0 bridgehead atoms. The standard InChI is InChI=1S/C19H21N7/c20-14-11-23-17(10-13-1-2-15-16(9-13)22-6-5-21-15)25-18(14)26-8-7-24-19(12-26)3-4-19/h1-2,5-6,9,11,24H,3-4,7-8,10,12,20H2. The van der Waals surface area contributed by atoms with Crippen molar-refractivity contribution in [1.82, 2.24) is 25.3 Å². The summed E-state index contributed by atoms with van der Waals surface area (Å²) in [4.78, 5) is 20.2. The predicted octanol–water partition coefficient (Wildman–Crippen LogP) is 1.53. The lowest BCUT2D eigenvalue weighted by Gasteiger charge is -2.35. The van der Waals surface area contributed by atoms with Gasteiger partial charge in [0, 0.05) is 44.0 Å². The molecule has 2 aliphatic rings. The summed E-state index contributed by atoms with van der Waals surface area (Å²) in [7, 11) is 0. The molecule has 2 aromatic heterocycles. The molecule has 132 valence electrons. The van der Waals surface area contributed by atoms with Gasteiger partial charge >= 0.3 is 0 Å². The quantitative estimate of drug-likeness (QED) is 0.742. The number of rotatable bonds is 3. The molecule has 3 aromatic rings. The molecule has 0 radical (unpaired) electrons. The molecule has 0 unspecified atom stereocenters. The number of anilines is 2. The largest absolute Gasteiger partial charge is 0.394 e. The maximum Gasteiger partial charge on any atom is 0.155 e. The van der Waals surface area contributed by atoms with Crippen LogP contribution in [0.4, 0.5) is 11.5 Å². The van der Waals surface area contributed by atoms with Crippen molar-refractivity contribution in [1.29, 1.82) is 0 Å². The van der Waals surface area contributed by atoms with E-state index in [2.05, 4.69) is 31.2 Å². The Morgan fingerprint density at radius 2 is 1.96 bits per heavy atom. The van der Waals surface area contributed by atoms with E-state index in [0.717, 1.165) is 47.9 Å². The zero-order chi connectivity index (χ0) is 17.6. The number of nitrogens with two attached hydrogens (primary N) is 1. The third-order valence-corrected chi connectivity index (χ3v) is 5.27. The second kappa shape index (κ2) is 5.88. The molecular formula is C19H21N7. The molecule has 2 fully saturated rings. The van der Waals surface area contributed by atoms with Gasteiger partial charge in [0.2, 0.25) is 0 Å². The molecule has 7 heteroatoms. The van der Waals surface area contributed by atoms with E-state index in [4.69, 9.17) is 10.7 Å². The summed E-state index contributed by atoms with van der Waals surface area (Å²) in [5.41, 5.74) is 10.0. The van der Waals surface area contributed by atoms with E-state index in [1.54, 1.807) is 18.6 Å². The highest BCUT2D eigenvalue weighted by Gasteiger charge is 2.46. The van der Waals surface area contributed by atoms with Crippen LogP contribution in [0, 0.1) is 0 Å². The number of aromatic nitrogens is 4. The highest BCUT2D eigenvalue weighted by molar-refractivity contribution is 5.74. The number of piperazine rings is 1. The summed E-state index contributed by atoms with van der Waals surface area (Å²) in [6, 6.07) is 6.09. The van der Waals surface area contributed by atoms with Gasteiger partial charge in [-0.2, -0.15) is 0 Å². The van der Waals surface area contributed by atoms with Crippen LogP contribution in [0.1, 0.15) is 24.2 Å². The molecule has 7 nitrogen and oxygen atoms in total. The number of benzene rings is 1. The van der Waals surface area contributed by atoms with Crippen LogP contribution in [0.2, 0.25) is 0 Å². The first kappa shape index (κ1) is 15.5. The summed E-state index contributed by atoms with van der Waals surface area (Å²) in [6.07, 6.45) is 8.27. The average molecular weight is 347 g/mol. The van der Waals surface area contributed by atoms with Gasteiger partial charge in [0.1, 0.15) is 5.82 Å². The number of nitrogens with zero attached hydrogens (tertiary/aromatic N) is 5. The third kappa shape index (κ3) is 2.84. The molecule has 0 atom stereocenters. The zero-order valence-electron chi connectivity index (χ0n) is 14.5. The Labute approximate surface area is 151 Å². The molecule has 5 rings (SSSR count). The van der Waals surface area contributed by atoms with Gasteiger partial charge in [-0.25, -0.2) is 9.97 Å². The molecule has 1 saturated heterocycles. The lowest BCUT2D eigenvalue weighted by Crippen LogP contribution is -2.53. The fourth-order valence-corrected chi connectivity index (χ4v) is 3.68. The van der Waals surface area contributed by atoms with Crippen molar-refractivity contribution in [2.75, 3.05) is 30.3 Å². The monoisotopic (exact) mass is 347 g/mol. The number of hydrogen-bond donors (Lipinski definition) is 2. The molecule has 1 saturated carbocycles. The van der Waals surface area contributed by atoms with Crippen molar-refractivity contribution in [3.05, 3.63) is 48.2 Å². The highest BCUT2D eigenvalue weighted by Crippen LogP contribution is 2.39. The van der Waals surface area contributed by atoms with E-state index in [9.17, 15) is 0 Å². The van der Waals surface area contributed by atoms with Gasteiger partial charge in [-0.3, -0.25) is 9.97 Å². The topological polar surface area (TPSA) is 92.8 Å². The van der Waals surface area contributed by atoms with E-state index in [1.807, 2.05) is 12.1 Å². The average Bonchev–Trinajstić information content (AvgIpc) is 3.41. The fraction of sp³-hybridized carbons (Fsp3) is 0.368. The highest BCUT2D eigenvalue weighted by atomic mass is 15.3. The van der Waals surface area contributed by atoms with Crippen LogP contribution >= 0.6 is 0 Å². The van der Waals surface area contributed by atoms with Gasteiger partial charge in [-0.15, -0.1) is 0 Å². The minimum Gasteiger partial charge on any atom is -0.394 e. The van der Waals surface area contributed by atoms with Crippen molar-refractivity contribution in [3.63, 3.8) is 0 Å². The van der Waals surface area contributed by atoms with Crippen LogP contribution in [-0.4, -0.2) is 45.1 Å². The van der Waals surface area contributed by atoms with Crippen LogP contribution < -0.4 is 16.0 Å². The first-order valence-electron chi connectivity index (χ1n) is 9.02. The molecule has 3 N–H and O–H groups in total. The summed E-state index contributed by atoms with van der Waals surface area (Å²) in [5.74, 6) is 1.64. The van der Waals surface area contributed by atoms with Crippen LogP contribution in [0.25, 0.3) is 11.0 Å². The number of hydrogen-bond acceptors (Lipinski definition) is 7. The van der Waals surface area contributed by atoms with Crippen molar-refractivity contribution in [2.24, 2.45) is 0 Å². The molecule has 3 heterocycles. The van der Waals surface area contributed by atoms with E-state index >= 15 is 0 Å². The zero-order valence-corrected chi connectivity index (χ0v) is 14.5. The van der Waals surface area contributed by atoms with Gasteiger partial charge in [0.15, 0.2) is 5.82 Å². The SMILES string of the molecule is Nc1cnc(Cc2ccc3nccnc3c2)nc1N1CCNC2(CC2)C1. The minimum atomic E-state index is 0.285. The van der Waals surface area contributed by atoms with Crippen molar-refractivity contribution < 1.29 is 0 Å². The van der Waals surface area contributed by atoms with E-state index in [-0.39, 0.29) is 5.54 Å². The first-order chi connectivity index (χ1) is 12.7. The van der Waals surface area contributed by atoms with Crippen LogP contribution in [-0.2, 0) is 6.42 Å². The van der Waals surface area contributed by atoms with Crippen LogP contribution in [0.5, 0.6) is 0 Å². The Bertz CT molecular complexity index is 967. The molecule has 1 aliphatic carbocycles. The molecule has 0 amide bonds. The molecule has 1 aliphatic heterocycles. The van der Waals surface area contributed by atoms with Crippen molar-refractivity contribution >= 4 is 22.5 Å². The molecule has 1 aromatic carbocycles. The van der Waals surface area contributed by atoms with Crippen LogP contribution in [0.15, 0.2) is 36.8 Å². The maximum absolute atomic E-state index is 6.19. The van der Waals surface area contributed by atoms with Gasteiger partial charge in [0.25, 0.3) is 0 Å². The second-order valence-corrected chi connectivity index (χ2v) is 7.25. The Morgan fingerprint density at radius 3 is 2.81 bits per heavy atom. The fourth-order valence-electron chi connectivity index (χ4n) is 3.68. The van der Waals surface area contributed by atoms with Crippen LogP contribution in [0.3, 0.4) is 0 Å². The van der Waals surface area contributed by atoms with Gasteiger partial charge < -0.3 is 16.0 Å². The predicted molar refractivity (Wildman–Crippen MR) is 101 cm³/mol. The normalized spacial score (nSPS) is 18.4. The summed E-state index contributed by atoms with van der Waals surface area (Å²) in [5, 5.41) is 3.62. The Morgan fingerprint density at radius 1 is 1.12 bits per heavy atom. The smallest absolute Gasteiger partial charge is 0.155 e. The van der Waals surface area contributed by atoms with Gasteiger partial charge in [-0.1, -0.05) is 6.07 Å².